The molecule has 0 aliphatic rings. The van der Waals surface area contributed by atoms with Gasteiger partial charge >= 0.3 is 0 Å². The summed E-state index contributed by atoms with van der Waals surface area (Å²) in [6.07, 6.45) is 0. The number of aromatic nitrogens is 2. The van der Waals surface area contributed by atoms with Gasteiger partial charge in [-0.15, -0.1) is 10.2 Å². The number of rotatable bonds is 5. The molecule has 2 heterocycles. The molecule has 0 saturated heterocycles. The van der Waals surface area contributed by atoms with Crippen LogP contribution in [0.1, 0.15) is 27.2 Å². The Hall–Kier alpha value is -2.67. The number of nitriles is 1. The van der Waals surface area contributed by atoms with Gasteiger partial charge in [0.2, 0.25) is 5.13 Å². The van der Waals surface area contributed by atoms with Crippen LogP contribution in [0.25, 0.3) is 11.0 Å². The van der Waals surface area contributed by atoms with Crippen molar-refractivity contribution in [3.63, 3.8) is 0 Å². The third-order valence-corrected chi connectivity index (χ3v) is 6.71. The van der Waals surface area contributed by atoms with Crippen molar-refractivity contribution in [2.45, 2.75) is 17.0 Å². The minimum atomic E-state index is -0.352. The highest BCUT2D eigenvalue weighted by molar-refractivity contribution is 9.10. The van der Waals surface area contributed by atoms with E-state index < -0.39 is 0 Å². The minimum Gasteiger partial charge on any atom is -0.451 e. The van der Waals surface area contributed by atoms with Gasteiger partial charge in [-0.25, -0.2) is 0 Å². The van der Waals surface area contributed by atoms with Crippen LogP contribution in [-0.4, -0.2) is 16.1 Å². The Morgan fingerprint density at radius 2 is 2.07 bits per heavy atom. The Kier molecular flexibility index (Phi) is 5.67. The number of amides is 1. The Labute approximate surface area is 183 Å². The van der Waals surface area contributed by atoms with Gasteiger partial charge in [0.1, 0.15) is 5.58 Å². The number of thioether (sulfide) groups is 1. The highest BCUT2D eigenvalue weighted by atomic mass is 79.9. The number of carbonyl (C=O) groups excluding carboxylic acids is 1. The summed E-state index contributed by atoms with van der Waals surface area (Å²) in [5.74, 6) is 0.612. The SMILES string of the molecule is Cc1c(C(=O)Nc2nnc(SCc3ccc(C#N)cc3)s2)oc2ccc(Br)cc12. The number of carbonyl (C=O) groups is 1. The van der Waals surface area contributed by atoms with E-state index in [0.29, 0.717) is 22.0 Å². The Balaban J connectivity index is 1.42. The van der Waals surface area contributed by atoms with Gasteiger partial charge in [-0.3, -0.25) is 10.1 Å². The third-order valence-electron chi connectivity index (χ3n) is 4.18. The zero-order chi connectivity index (χ0) is 20.4. The van der Waals surface area contributed by atoms with E-state index in [9.17, 15) is 4.79 Å². The molecule has 0 unspecified atom stereocenters. The summed E-state index contributed by atoms with van der Waals surface area (Å²) in [6.45, 7) is 1.85. The molecule has 4 rings (SSSR count). The predicted molar refractivity (Wildman–Crippen MR) is 117 cm³/mol. The van der Waals surface area contributed by atoms with Crippen LogP contribution in [-0.2, 0) is 5.75 Å². The van der Waals surface area contributed by atoms with E-state index in [0.717, 1.165) is 25.3 Å². The van der Waals surface area contributed by atoms with E-state index in [1.807, 2.05) is 37.3 Å². The fraction of sp³-hybridized carbons (Fsp3) is 0.100. The van der Waals surface area contributed by atoms with Crippen molar-refractivity contribution in [2.24, 2.45) is 0 Å². The zero-order valence-corrected chi connectivity index (χ0v) is 18.3. The number of nitrogens with one attached hydrogen (secondary N) is 1. The van der Waals surface area contributed by atoms with Crippen LogP contribution in [0.2, 0.25) is 0 Å². The number of benzene rings is 2. The second-order valence-corrected chi connectivity index (χ2v) is 9.24. The van der Waals surface area contributed by atoms with Crippen LogP contribution >= 0.6 is 39.0 Å². The van der Waals surface area contributed by atoms with Crippen LogP contribution in [0, 0.1) is 18.3 Å². The Bertz CT molecular complexity index is 1240. The fourth-order valence-corrected chi connectivity index (χ4v) is 4.77. The van der Waals surface area contributed by atoms with E-state index in [1.54, 1.807) is 12.1 Å². The summed E-state index contributed by atoms with van der Waals surface area (Å²) in [5, 5.41) is 21.1. The van der Waals surface area contributed by atoms with E-state index in [2.05, 4.69) is 37.5 Å². The molecule has 0 aliphatic carbocycles. The number of aryl methyl sites for hydroxylation is 1. The smallest absolute Gasteiger partial charge is 0.293 e. The van der Waals surface area contributed by atoms with Crippen LogP contribution in [0.5, 0.6) is 0 Å². The van der Waals surface area contributed by atoms with Crippen LogP contribution in [0.3, 0.4) is 0 Å². The molecule has 0 radical (unpaired) electrons. The maximum atomic E-state index is 12.6. The molecule has 1 amide bonds. The molecular formula is C20H13BrN4O2S2. The Morgan fingerprint density at radius 3 is 2.83 bits per heavy atom. The molecule has 0 saturated carbocycles. The maximum Gasteiger partial charge on any atom is 0.293 e. The quantitative estimate of drug-likeness (QED) is 0.285. The number of nitrogens with zero attached hydrogens (tertiary/aromatic N) is 3. The summed E-state index contributed by atoms with van der Waals surface area (Å²) >= 11 is 6.26. The number of halogens is 1. The monoisotopic (exact) mass is 484 g/mol. The van der Waals surface area contributed by atoms with Crippen molar-refractivity contribution in [3.8, 4) is 6.07 Å². The first kappa shape index (κ1) is 19.6. The lowest BCUT2D eigenvalue weighted by Crippen LogP contribution is -2.11. The van der Waals surface area contributed by atoms with Gasteiger partial charge in [0.15, 0.2) is 10.1 Å². The molecule has 0 bridgehead atoms. The first-order chi connectivity index (χ1) is 14.0. The third kappa shape index (κ3) is 4.34. The molecule has 2 aromatic carbocycles. The average Bonchev–Trinajstić information content (AvgIpc) is 3.31. The second-order valence-electron chi connectivity index (χ2n) is 6.12. The van der Waals surface area contributed by atoms with Crippen molar-refractivity contribution in [1.29, 1.82) is 5.26 Å². The van der Waals surface area contributed by atoms with Gasteiger partial charge in [0.25, 0.3) is 5.91 Å². The fourth-order valence-electron chi connectivity index (χ4n) is 2.70. The normalized spacial score (nSPS) is 10.8. The highest BCUT2D eigenvalue weighted by Gasteiger charge is 2.19. The van der Waals surface area contributed by atoms with E-state index in [-0.39, 0.29) is 11.7 Å². The van der Waals surface area contributed by atoms with Gasteiger partial charge in [-0.1, -0.05) is 51.2 Å². The van der Waals surface area contributed by atoms with E-state index in [1.165, 1.54) is 23.1 Å². The van der Waals surface area contributed by atoms with Crippen molar-refractivity contribution >= 4 is 61.0 Å². The molecule has 0 aliphatic heterocycles. The van der Waals surface area contributed by atoms with Crippen molar-refractivity contribution < 1.29 is 9.21 Å². The molecule has 0 atom stereocenters. The lowest BCUT2D eigenvalue weighted by Gasteiger charge is -1.99. The summed E-state index contributed by atoms with van der Waals surface area (Å²) in [4.78, 5) is 12.6. The number of hydrogen-bond donors (Lipinski definition) is 1. The number of anilines is 1. The molecule has 0 fully saturated rings. The molecule has 2 aromatic heterocycles. The summed E-state index contributed by atoms with van der Waals surface area (Å²) < 4.78 is 7.38. The van der Waals surface area contributed by atoms with Gasteiger partial charge in [0, 0.05) is 21.2 Å². The summed E-state index contributed by atoms with van der Waals surface area (Å²) in [6, 6.07) is 15.1. The van der Waals surface area contributed by atoms with E-state index in [4.69, 9.17) is 9.68 Å². The molecule has 9 heteroatoms. The van der Waals surface area contributed by atoms with Crippen molar-refractivity contribution in [3.05, 3.63) is 69.4 Å². The van der Waals surface area contributed by atoms with Crippen LogP contribution in [0.15, 0.2) is 55.7 Å². The second kappa shape index (κ2) is 8.37. The van der Waals surface area contributed by atoms with Crippen LogP contribution < -0.4 is 5.32 Å². The maximum absolute atomic E-state index is 12.6. The predicted octanol–water partition coefficient (Wildman–Crippen LogP) is 5.77. The summed E-state index contributed by atoms with van der Waals surface area (Å²) in [7, 11) is 0. The van der Waals surface area contributed by atoms with Crippen molar-refractivity contribution in [2.75, 3.05) is 5.32 Å². The van der Waals surface area contributed by atoms with Gasteiger partial charge in [-0.05, 0) is 42.8 Å². The zero-order valence-electron chi connectivity index (χ0n) is 15.1. The topological polar surface area (TPSA) is 91.8 Å². The van der Waals surface area contributed by atoms with E-state index >= 15 is 0 Å². The Morgan fingerprint density at radius 1 is 1.28 bits per heavy atom. The lowest BCUT2D eigenvalue weighted by molar-refractivity contribution is 0.0998. The molecule has 1 N–H and O–H groups in total. The first-order valence-corrected chi connectivity index (χ1v) is 11.1. The number of fused-ring (bicyclic) bond motifs is 1. The largest absolute Gasteiger partial charge is 0.451 e. The van der Waals surface area contributed by atoms with Gasteiger partial charge in [0.05, 0.1) is 11.6 Å². The molecule has 4 aromatic rings. The van der Waals surface area contributed by atoms with Gasteiger partial charge in [-0.2, -0.15) is 5.26 Å². The standard InChI is InChI=1S/C20H13BrN4O2S2/c1-11-15-8-14(21)6-7-16(15)27-17(11)18(26)23-19-24-25-20(29-19)28-10-13-4-2-12(9-22)3-5-13/h2-8H,10H2,1H3,(H,23,24,26). The first-order valence-electron chi connectivity index (χ1n) is 8.49. The van der Waals surface area contributed by atoms with Gasteiger partial charge < -0.3 is 4.42 Å². The number of furan rings is 1. The molecule has 144 valence electrons. The lowest BCUT2D eigenvalue weighted by atomic mass is 10.1. The molecule has 0 spiro atoms. The van der Waals surface area contributed by atoms with Crippen LogP contribution in [0.4, 0.5) is 5.13 Å². The number of hydrogen-bond acceptors (Lipinski definition) is 7. The molecular weight excluding hydrogens is 472 g/mol. The molecule has 6 nitrogen and oxygen atoms in total. The highest BCUT2D eigenvalue weighted by Crippen LogP contribution is 2.31. The van der Waals surface area contributed by atoms with Crippen molar-refractivity contribution in [1.82, 2.24) is 10.2 Å². The summed E-state index contributed by atoms with van der Waals surface area (Å²) in [5.41, 5.74) is 3.15. The average molecular weight is 485 g/mol. The minimum absolute atomic E-state index is 0.264. The molecule has 29 heavy (non-hydrogen) atoms.